The second kappa shape index (κ2) is 3.97. The molecule has 17 heavy (non-hydrogen) atoms. The highest BCUT2D eigenvalue weighted by Gasteiger charge is 2.45. The SMILES string of the molecule is C[C@]12CCCC(C=O)[C@@H]1CCc1ccccc12. The molecule has 0 amide bonds. The minimum Gasteiger partial charge on any atom is -0.303 e. The lowest BCUT2D eigenvalue weighted by molar-refractivity contribution is -0.115. The van der Waals surface area contributed by atoms with Crippen LogP contribution in [0.2, 0.25) is 0 Å². The average molecular weight is 228 g/mol. The van der Waals surface area contributed by atoms with Crippen LogP contribution in [0.15, 0.2) is 24.3 Å². The normalized spacial score (nSPS) is 35.8. The molecule has 1 aromatic carbocycles. The van der Waals surface area contributed by atoms with E-state index in [1.54, 1.807) is 0 Å². The molecule has 0 spiro atoms. The Kier molecular flexibility index (Phi) is 2.57. The number of hydrogen-bond acceptors (Lipinski definition) is 1. The zero-order valence-corrected chi connectivity index (χ0v) is 10.5. The molecule has 0 bridgehead atoms. The Morgan fingerprint density at radius 1 is 1.29 bits per heavy atom. The number of aldehydes is 1. The maximum Gasteiger partial charge on any atom is 0.123 e. The third-order valence-electron chi connectivity index (χ3n) is 5.10. The average Bonchev–Trinajstić information content (AvgIpc) is 2.37. The molecule has 1 aromatic rings. The van der Waals surface area contributed by atoms with Crippen molar-refractivity contribution in [1.29, 1.82) is 0 Å². The number of carbonyl (C=O) groups excluding carboxylic acids is 1. The van der Waals surface area contributed by atoms with Crippen molar-refractivity contribution in [3.8, 4) is 0 Å². The third-order valence-corrected chi connectivity index (χ3v) is 5.10. The van der Waals surface area contributed by atoms with Crippen molar-refractivity contribution < 1.29 is 4.79 Å². The molecule has 90 valence electrons. The standard InChI is InChI=1S/C16H20O/c1-16-10-4-6-13(11-17)15(16)9-8-12-5-2-3-7-14(12)16/h2-3,5,7,11,13,15H,4,6,8-10H2,1H3/t13?,15-,16+/m0/s1. The van der Waals surface area contributed by atoms with E-state index in [0.29, 0.717) is 11.8 Å². The summed E-state index contributed by atoms with van der Waals surface area (Å²) in [5, 5.41) is 0. The highest BCUT2D eigenvalue weighted by atomic mass is 16.1. The number of aryl methyl sites for hydroxylation is 1. The first kappa shape index (κ1) is 11.0. The minimum atomic E-state index is 0.249. The van der Waals surface area contributed by atoms with E-state index in [2.05, 4.69) is 31.2 Å². The van der Waals surface area contributed by atoms with Crippen LogP contribution in [0.25, 0.3) is 0 Å². The molecule has 1 fully saturated rings. The zero-order valence-electron chi connectivity index (χ0n) is 10.5. The first-order valence-electron chi connectivity index (χ1n) is 6.79. The van der Waals surface area contributed by atoms with Gasteiger partial charge in [-0.25, -0.2) is 0 Å². The van der Waals surface area contributed by atoms with Crippen LogP contribution in [0.1, 0.15) is 43.7 Å². The van der Waals surface area contributed by atoms with Gasteiger partial charge in [-0.3, -0.25) is 0 Å². The molecule has 0 aliphatic heterocycles. The number of hydrogen-bond donors (Lipinski definition) is 0. The molecule has 3 atom stereocenters. The molecule has 1 heteroatoms. The van der Waals surface area contributed by atoms with Crippen LogP contribution in [0.3, 0.4) is 0 Å². The van der Waals surface area contributed by atoms with Crippen LogP contribution < -0.4 is 0 Å². The van der Waals surface area contributed by atoms with E-state index in [1.165, 1.54) is 36.7 Å². The second-order valence-electron chi connectivity index (χ2n) is 5.91. The quantitative estimate of drug-likeness (QED) is 0.672. The van der Waals surface area contributed by atoms with Gasteiger partial charge >= 0.3 is 0 Å². The number of rotatable bonds is 1. The maximum absolute atomic E-state index is 11.3. The molecule has 0 aromatic heterocycles. The first-order chi connectivity index (χ1) is 8.25. The van der Waals surface area contributed by atoms with Gasteiger partial charge in [-0.2, -0.15) is 0 Å². The predicted molar refractivity (Wildman–Crippen MR) is 69.0 cm³/mol. The molecule has 1 saturated carbocycles. The van der Waals surface area contributed by atoms with Crippen molar-refractivity contribution in [3.63, 3.8) is 0 Å². The van der Waals surface area contributed by atoms with Crippen LogP contribution in [0, 0.1) is 11.8 Å². The summed E-state index contributed by atoms with van der Waals surface area (Å²) in [6.45, 7) is 2.38. The van der Waals surface area contributed by atoms with E-state index in [-0.39, 0.29) is 5.41 Å². The minimum absolute atomic E-state index is 0.249. The smallest absolute Gasteiger partial charge is 0.123 e. The number of benzene rings is 1. The Bertz CT molecular complexity index is 437. The van der Waals surface area contributed by atoms with Crippen molar-refractivity contribution in [2.75, 3.05) is 0 Å². The fourth-order valence-corrected chi connectivity index (χ4v) is 4.20. The van der Waals surface area contributed by atoms with Crippen LogP contribution in [-0.4, -0.2) is 6.29 Å². The van der Waals surface area contributed by atoms with E-state index in [4.69, 9.17) is 0 Å². The molecular formula is C16H20O. The lowest BCUT2D eigenvalue weighted by Crippen LogP contribution is -2.44. The third kappa shape index (κ3) is 1.55. The first-order valence-corrected chi connectivity index (χ1v) is 6.79. The number of fused-ring (bicyclic) bond motifs is 3. The van der Waals surface area contributed by atoms with E-state index in [0.717, 1.165) is 12.8 Å². The van der Waals surface area contributed by atoms with Gasteiger partial charge in [0.2, 0.25) is 0 Å². The summed E-state index contributed by atoms with van der Waals surface area (Å²) < 4.78 is 0. The molecule has 3 rings (SSSR count). The molecular weight excluding hydrogens is 208 g/mol. The number of carbonyl (C=O) groups is 1. The van der Waals surface area contributed by atoms with Crippen molar-refractivity contribution >= 4 is 6.29 Å². The summed E-state index contributed by atoms with van der Waals surface area (Å²) in [6.07, 6.45) is 7.11. The summed E-state index contributed by atoms with van der Waals surface area (Å²) in [5.41, 5.74) is 3.28. The molecule has 0 heterocycles. The fourth-order valence-electron chi connectivity index (χ4n) is 4.20. The van der Waals surface area contributed by atoms with E-state index < -0.39 is 0 Å². The van der Waals surface area contributed by atoms with E-state index in [9.17, 15) is 4.79 Å². The Morgan fingerprint density at radius 3 is 2.94 bits per heavy atom. The molecule has 0 radical (unpaired) electrons. The van der Waals surface area contributed by atoms with Gasteiger partial charge in [0.25, 0.3) is 0 Å². The maximum atomic E-state index is 11.3. The highest BCUT2D eigenvalue weighted by Crippen LogP contribution is 2.51. The van der Waals surface area contributed by atoms with Gasteiger partial charge in [0, 0.05) is 5.92 Å². The topological polar surface area (TPSA) is 17.1 Å². The summed E-state index contributed by atoms with van der Waals surface area (Å²) in [4.78, 5) is 11.3. The van der Waals surface area contributed by atoms with Crippen molar-refractivity contribution in [2.45, 2.75) is 44.4 Å². The monoisotopic (exact) mass is 228 g/mol. The summed E-state index contributed by atoms with van der Waals surface area (Å²) in [5.74, 6) is 0.866. The second-order valence-corrected chi connectivity index (χ2v) is 5.91. The Morgan fingerprint density at radius 2 is 2.12 bits per heavy atom. The summed E-state index contributed by atoms with van der Waals surface area (Å²) in [6, 6.07) is 8.84. The molecule has 1 nitrogen and oxygen atoms in total. The van der Waals surface area contributed by atoms with Gasteiger partial charge in [0.15, 0.2) is 0 Å². The van der Waals surface area contributed by atoms with Crippen LogP contribution in [-0.2, 0) is 16.6 Å². The molecule has 0 saturated heterocycles. The molecule has 0 N–H and O–H groups in total. The fraction of sp³-hybridized carbons (Fsp3) is 0.562. The Balaban J connectivity index is 2.07. The molecule has 2 aliphatic rings. The summed E-state index contributed by atoms with van der Waals surface area (Å²) in [7, 11) is 0. The van der Waals surface area contributed by atoms with Gasteiger partial charge < -0.3 is 4.79 Å². The van der Waals surface area contributed by atoms with E-state index >= 15 is 0 Å². The molecule has 1 unspecified atom stereocenters. The lowest BCUT2D eigenvalue weighted by atomic mass is 9.55. The van der Waals surface area contributed by atoms with Gasteiger partial charge in [-0.1, -0.05) is 37.6 Å². The van der Waals surface area contributed by atoms with E-state index in [1.807, 2.05) is 0 Å². The van der Waals surface area contributed by atoms with Crippen LogP contribution >= 0.6 is 0 Å². The Hall–Kier alpha value is -1.11. The Labute approximate surface area is 103 Å². The van der Waals surface area contributed by atoms with Crippen molar-refractivity contribution in [3.05, 3.63) is 35.4 Å². The lowest BCUT2D eigenvalue weighted by Gasteiger charge is -2.49. The van der Waals surface area contributed by atoms with Gasteiger partial charge in [-0.15, -0.1) is 0 Å². The molecule has 2 aliphatic carbocycles. The van der Waals surface area contributed by atoms with Gasteiger partial charge in [0.1, 0.15) is 6.29 Å². The highest BCUT2D eigenvalue weighted by molar-refractivity contribution is 5.56. The van der Waals surface area contributed by atoms with Crippen molar-refractivity contribution in [2.24, 2.45) is 11.8 Å². The predicted octanol–water partition coefficient (Wildman–Crippen LogP) is 3.51. The largest absolute Gasteiger partial charge is 0.303 e. The van der Waals surface area contributed by atoms with Crippen LogP contribution in [0.4, 0.5) is 0 Å². The van der Waals surface area contributed by atoms with Crippen LogP contribution in [0.5, 0.6) is 0 Å². The summed E-state index contributed by atoms with van der Waals surface area (Å²) >= 11 is 0. The van der Waals surface area contributed by atoms with Crippen molar-refractivity contribution in [1.82, 2.24) is 0 Å². The van der Waals surface area contributed by atoms with Gasteiger partial charge in [-0.05, 0) is 48.1 Å². The zero-order chi connectivity index (χ0) is 11.9. The van der Waals surface area contributed by atoms with Gasteiger partial charge in [0.05, 0.1) is 0 Å².